The van der Waals surface area contributed by atoms with Crippen molar-refractivity contribution in [3.63, 3.8) is 0 Å². The van der Waals surface area contributed by atoms with Crippen molar-refractivity contribution in [2.45, 2.75) is 24.0 Å². The molecule has 2 aromatic heterocycles. The van der Waals surface area contributed by atoms with Crippen LogP contribution in [-0.4, -0.2) is 45.8 Å². The van der Waals surface area contributed by atoms with Gasteiger partial charge in [0.2, 0.25) is 15.7 Å². The summed E-state index contributed by atoms with van der Waals surface area (Å²) in [5.41, 5.74) is -0.176. The van der Waals surface area contributed by atoms with E-state index in [-0.39, 0.29) is 11.2 Å². The molecule has 0 bridgehead atoms. The fourth-order valence-electron chi connectivity index (χ4n) is 2.65. The third-order valence-electron chi connectivity index (χ3n) is 3.85. The highest BCUT2D eigenvalue weighted by Gasteiger charge is 2.48. The first-order chi connectivity index (χ1) is 12.6. The molecule has 0 saturated heterocycles. The van der Waals surface area contributed by atoms with Gasteiger partial charge < -0.3 is 0 Å². The molecule has 0 aliphatic rings. The molecule has 0 fully saturated rings. The first-order valence-electron chi connectivity index (χ1n) is 7.65. The van der Waals surface area contributed by atoms with E-state index in [1.807, 2.05) is 0 Å². The molecule has 7 nitrogen and oxygen atoms in total. The molecule has 1 N–H and O–H groups in total. The van der Waals surface area contributed by atoms with Gasteiger partial charge in [-0.15, -0.1) is 5.10 Å². The summed E-state index contributed by atoms with van der Waals surface area (Å²) in [6, 6.07) is 2.10. The smallest absolute Gasteiger partial charge is 0.232 e. The Morgan fingerprint density at radius 2 is 1.85 bits per heavy atom. The maximum Gasteiger partial charge on any atom is 0.409 e. The van der Waals surface area contributed by atoms with Crippen molar-refractivity contribution in [2.75, 3.05) is 6.54 Å². The SMILES string of the molecule is CCN(C(c1ccc(F)cc1)C(F)(F)F)S(=O)(=O)c1cnc2n[nH]nc2c1. The highest BCUT2D eigenvalue weighted by atomic mass is 32.2. The van der Waals surface area contributed by atoms with Crippen molar-refractivity contribution in [1.82, 2.24) is 24.7 Å². The second-order valence-corrected chi connectivity index (χ2v) is 7.43. The Bertz CT molecular complexity index is 1050. The summed E-state index contributed by atoms with van der Waals surface area (Å²) in [6.07, 6.45) is -4.01. The number of nitrogens with one attached hydrogen (secondary N) is 1. The number of alkyl halides is 3. The largest absolute Gasteiger partial charge is 0.409 e. The molecule has 0 aliphatic heterocycles. The predicted octanol–water partition coefficient (Wildman–Crippen LogP) is 2.81. The van der Waals surface area contributed by atoms with Crippen LogP contribution in [0.4, 0.5) is 17.6 Å². The van der Waals surface area contributed by atoms with E-state index in [0.717, 1.165) is 36.5 Å². The standard InChI is InChI=1S/C15H13F4N5O2S/c1-2-24(13(15(17,18)19)9-3-5-10(16)6-4-9)27(25,26)11-7-12-14(20-8-11)22-23-21-12/h3-8,13H,2H2,1H3,(H,20,21,22,23). The lowest BCUT2D eigenvalue weighted by atomic mass is 10.1. The molecule has 0 aliphatic carbocycles. The van der Waals surface area contributed by atoms with Crippen LogP contribution in [0.1, 0.15) is 18.5 Å². The lowest BCUT2D eigenvalue weighted by molar-refractivity contribution is -0.173. The van der Waals surface area contributed by atoms with E-state index in [9.17, 15) is 26.0 Å². The minimum absolute atomic E-state index is 0.0949. The number of fused-ring (bicyclic) bond motifs is 1. The molecule has 27 heavy (non-hydrogen) atoms. The van der Waals surface area contributed by atoms with Crippen LogP contribution in [0, 0.1) is 5.82 Å². The van der Waals surface area contributed by atoms with Gasteiger partial charge >= 0.3 is 6.18 Å². The number of aromatic nitrogens is 4. The van der Waals surface area contributed by atoms with Gasteiger partial charge in [-0.3, -0.25) is 0 Å². The van der Waals surface area contributed by atoms with Gasteiger partial charge in [-0.1, -0.05) is 19.1 Å². The van der Waals surface area contributed by atoms with E-state index in [4.69, 9.17) is 0 Å². The second kappa shape index (κ2) is 6.85. The molecule has 0 amide bonds. The number of halogens is 4. The number of benzene rings is 1. The van der Waals surface area contributed by atoms with Gasteiger partial charge in [-0.05, 0) is 23.8 Å². The van der Waals surface area contributed by atoms with Gasteiger partial charge in [0.25, 0.3) is 0 Å². The number of rotatable bonds is 5. The fraction of sp³-hybridized carbons (Fsp3) is 0.267. The first kappa shape index (κ1) is 19.2. The van der Waals surface area contributed by atoms with Crippen molar-refractivity contribution < 1.29 is 26.0 Å². The van der Waals surface area contributed by atoms with Crippen LogP contribution in [0.5, 0.6) is 0 Å². The quantitative estimate of drug-likeness (QED) is 0.662. The van der Waals surface area contributed by atoms with Crippen molar-refractivity contribution in [1.29, 1.82) is 0 Å². The normalized spacial score (nSPS) is 14.0. The number of pyridine rings is 1. The van der Waals surface area contributed by atoms with Crippen LogP contribution in [0.3, 0.4) is 0 Å². The average molecular weight is 403 g/mol. The summed E-state index contributed by atoms with van der Waals surface area (Å²) >= 11 is 0. The summed E-state index contributed by atoms with van der Waals surface area (Å²) in [6.45, 7) is 0.808. The van der Waals surface area contributed by atoms with Crippen LogP contribution >= 0.6 is 0 Å². The summed E-state index contributed by atoms with van der Waals surface area (Å²) in [4.78, 5) is 3.33. The molecule has 0 spiro atoms. The van der Waals surface area contributed by atoms with Crippen LogP contribution in [0.25, 0.3) is 11.2 Å². The van der Waals surface area contributed by atoms with Gasteiger partial charge in [0, 0.05) is 12.7 Å². The Labute approximate surface area is 151 Å². The molecular formula is C15H13F4N5O2S. The zero-order chi connectivity index (χ0) is 19.8. The highest BCUT2D eigenvalue weighted by Crippen LogP contribution is 2.40. The lowest BCUT2D eigenvalue weighted by Gasteiger charge is -2.31. The Hall–Kier alpha value is -2.60. The molecular weight excluding hydrogens is 390 g/mol. The van der Waals surface area contributed by atoms with Gasteiger partial charge in [-0.2, -0.15) is 27.8 Å². The molecule has 1 aromatic carbocycles. The van der Waals surface area contributed by atoms with E-state index in [2.05, 4.69) is 20.4 Å². The van der Waals surface area contributed by atoms with Crippen molar-refractivity contribution in [2.24, 2.45) is 0 Å². The van der Waals surface area contributed by atoms with Crippen LogP contribution < -0.4 is 0 Å². The molecule has 1 atom stereocenters. The second-order valence-electron chi connectivity index (χ2n) is 5.54. The van der Waals surface area contributed by atoms with E-state index < -0.39 is 45.1 Å². The van der Waals surface area contributed by atoms with Crippen LogP contribution in [0.2, 0.25) is 0 Å². The number of nitrogens with zero attached hydrogens (tertiary/aromatic N) is 4. The van der Waals surface area contributed by atoms with Crippen LogP contribution in [0.15, 0.2) is 41.4 Å². The molecule has 3 aromatic rings. The predicted molar refractivity (Wildman–Crippen MR) is 86.4 cm³/mol. The zero-order valence-corrected chi connectivity index (χ0v) is 14.6. The van der Waals surface area contributed by atoms with E-state index in [1.54, 1.807) is 0 Å². The number of hydrogen-bond donors (Lipinski definition) is 1. The van der Waals surface area contributed by atoms with Crippen molar-refractivity contribution in [3.8, 4) is 0 Å². The maximum atomic E-state index is 13.8. The fourth-order valence-corrected chi connectivity index (χ4v) is 4.23. The van der Waals surface area contributed by atoms with Crippen molar-refractivity contribution in [3.05, 3.63) is 47.9 Å². The average Bonchev–Trinajstić information content (AvgIpc) is 3.07. The summed E-state index contributed by atoms with van der Waals surface area (Å²) in [5.74, 6) is -0.730. The Morgan fingerprint density at radius 3 is 2.44 bits per heavy atom. The van der Waals surface area contributed by atoms with E-state index >= 15 is 0 Å². The molecule has 0 radical (unpaired) electrons. The summed E-state index contributed by atoms with van der Waals surface area (Å²) in [5, 5.41) is 9.61. The molecule has 12 heteroatoms. The van der Waals surface area contributed by atoms with Crippen molar-refractivity contribution >= 4 is 21.2 Å². The molecule has 144 valence electrons. The minimum atomic E-state index is -4.92. The monoisotopic (exact) mass is 403 g/mol. The molecule has 3 rings (SSSR count). The topological polar surface area (TPSA) is 91.8 Å². The lowest BCUT2D eigenvalue weighted by Crippen LogP contribution is -2.42. The molecule has 0 saturated carbocycles. The number of hydrogen-bond acceptors (Lipinski definition) is 5. The summed E-state index contributed by atoms with van der Waals surface area (Å²) < 4.78 is 80.5. The van der Waals surface area contributed by atoms with E-state index in [0.29, 0.717) is 4.31 Å². The Kier molecular flexibility index (Phi) is 4.86. The number of H-pyrrole nitrogens is 1. The number of sulfonamides is 1. The Balaban J connectivity index is 2.11. The Morgan fingerprint density at radius 1 is 1.19 bits per heavy atom. The maximum absolute atomic E-state index is 13.8. The zero-order valence-electron chi connectivity index (χ0n) is 13.8. The molecule has 1 unspecified atom stereocenters. The minimum Gasteiger partial charge on any atom is -0.232 e. The first-order valence-corrected chi connectivity index (χ1v) is 9.09. The van der Waals surface area contributed by atoms with Gasteiger partial charge in [0.1, 0.15) is 22.3 Å². The third kappa shape index (κ3) is 3.62. The molecule has 2 heterocycles. The van der Waals surface area contributed by atoms with Gasteiger partial charge in [0.05, 0.1) is 0 Å². The van der Waals surface area contributed by atoms with Crippen LogP contribution in [-0.2, 0) is 10.0 Å². The number of aromatic amines is 1. The van der Waals surface area contributed by atoms with Gasteiger partial charge in [0.15, 0.2) is 0 Å². The third-order valence-corrected chi connectivity index (χ3v) is 5.76. The summed E-state index contributed by atoms with van der Waals surface area (Å²) in [7, 11) is -4.59. The highest BCUT2D eigenvalue weighted by molar-refractivity contribution is 7.89. The van der Waals surface area contributed by atoms with Gasteiger partial charge in [-0.25, -0.2) is 17.8 Å². The van der Waals surface area contributed by atoms with E-state index in [1.165, 1.54) is 6.92 Å².